The first-order valence-electron chi connectivity index (χ1n) is 18.5. The van der Waals surface area contributed by atoms with E-state index in [9.17, 15) is 0 Å². The smallest absolute Gasteiger partial charge is 0.136 e. The molecule has 11 aromatic rings. The predicted molar refractivity (Wildman–Crippen MR) is 229 cm³/mol. The zero-order chi connectivity index (χ0) is 35.6. The van der Waals surface area contributed by atoms with Gasteiger partial charge in [-0.25, -0.2) is 0 Å². The van der Waals surface area contributed by atoms with Gasteiger partial charge in [-0.1, -0.05) is 146 Å². The summed E-state index contributed by atoms with van der Waals surface area (Å²) in [4.78, 5) is 2.37. The van der Waals surface area contributed by atoms with Crippen molar-refractivity contribution in [3.63, 3.8) is 0 Å². The van der Waals surface area contributed by atoms with Gasteiger partial charge in [-0.05, 0) is 120 Å². The van der Waals surface area contributed by atoms with Gasteiger partial charge in [0, 0.05) is 27.8 Å². The van der Waals surface area contributed by atoms with Gasteiger partial charge >= 0.3 is 0 Å². The van der Waals surface area contributed by atoms with Crippen LogP contribution in [0.1, 0.15) is 0 Å². The third-order valence-corrected chi connectivity index (χ3v) is 11.0. The molecule has 0 radical (unpaired) electrons. The van der Waals surface area contributed by atoms with Crippen molar-refractivity contribution in [3.8, 4) is 22.3 Å². The molecule has 0 bridgehead atoms. The minimum Gasteiger partial charge on any atom is -0.456 e. The molecule has 0 atom stereocenters. The van der Waals surface area contributed by atoms with Crippen molar-refractivity contribution in [2.24, 2.45) is 0 Å². The lowest BCUT2D eigenvalue weighted by Gasteiger charge is -2.27. The first kappa shape index (κ1) is 30.5. The highest BCUT2D eigenvalue weighted by molar-refractivity contribution is 6.24. The predicted octanol–water partition coefficient (Wildman–Crippen LogP) is 15.0. The highest BCUT2D eigenvalue weighted by Gasteiger charge is 2.18. The van der Waals surface area contributed by atoms with Crippen LogP contribution in [0.4, 0.5) is 17.1 Å². The highest BCUT2D eigenvalue weighted by atomic mass is 16.3. The number of rotatable bonds is 5. The molecule has 0 aliphatic heterocycles. The van der Waals surface area contributed by atoms with Gasteiger partial charge in [0.1, 0.15) is 11.2 Å². The van der Waals surface area contributed by atoms with Gasteiger partial charge in [0.05, 0.1) is 0 Å². The van der Waals surface area contributed by atoms with Gasteiger partial charge < -0.3 is 9.32 Å². The Morgan fingerprint density at radius 3 is 1.76 bits per heavy atom. The lowest BCUT2D eigenvalue weighted by Crippen LogP contribution is -2.10. The molecule has 0 fully saturated rings. The molecular weight excluding hydrogens is 655 g/mol. The van der Waals surface area contributed by atoms with Crippen molar-refractivity contribution in [3.05, 3.63) is 200 Å². The van der Waals surface area contributed by atoms with E-state index in [1.165, 1.54) is 65.3 Å². The maximum absolute atomic E-state index is 6.24. The summed E-state index contributed by atoms with van der Waals surface area (Å²) in [6.07, 6.45) is 0. The Kier molecular flexibility index (Phi) is 6.90. The van der Waals surface area contributed by atoms with E-state index in [1.807, 2.05) is 12.1 Å². The fourth-order valence-corrected chi connectivity index (χ4v) is 8.48. The Hall–Kier alpha value is -7.16. The van der Waals surface area contributed by atoms with Gasteiger partial charge in [-0.3, -0.25) is 0 Å². The summed E-state index contributed by atoms with van der Waals surface area (Å²) in [7, 11) is 0. The van der Waals surface area contributed by atoms with Crippen molar-refractivity contribution in [2.45, 2.75) is 0 Å². The normalized spacial score (nSPS) is 11.7. The molecule has 54 heavy (non-hydrogen) atoms. The Balaban J connectivity index is 1.09. The van der Waals surface area contributed by atoms with Crippen LogP contribution in [0.3, 0.4) is 0 Å². The van der Waals surface area contributed by atoms with E-state index in [4.69, 9.17) is 4.42 Å². The van der Waals surface area contributed by atoms with Gasteiger partial charge in [0.15, 0.2) is 0 Å². The largest absolute Gasteiger partial charge is 0.456 e. The zero-order valence-corrected chi connectivity index (χ0v) is 29.4. The molecule has 0 aliphatic carbocycles. The van der Waals surface area contributed by atoms with Crippen LogP contribution >= 0.6 is 0 Å². The molecule has 0 N–H and O–H groups in total. The van der Waals surface area contributed by atoms with Crippen molar-refractivity contribution < 1.29 is 4.42 Å². The number of benzene rings is 10. The van der Waals surface area contributed by atoms with Crippen LogP contribution in [-0.4, -0.2) is 0 Å². The Bertz CT molecular complexity index is 3200. The molecule has 11 rings (SSSR count). The summed E-state index contributed by atoms with van der Waals surface area (Å²) in [5.74, 6) is 0. The van der Waals surface area contributed by atoms with Gasteiger partial charge in [-0.15, -0.1) is 0 Å². The molecule has 10 aromatic carbocycles. The molecule has 0 aliphatic rings. The van der Waals surface area contributed by atoms with E-state index >= 15 is 0 Å². The van der Waals surface area contributed by atoms with E-state index in [-0.39, 0.29) is 0 Å². The summed E-state index contributed by atoms with van der Waals surface area (Å²) >= 11 is 0. The maximum Gasteiger partial charge on any atom is 0.136 e. The molecule has 252 valence electrons. The summed E-state index contributed by atoms with van der Waals surface area (Å²) in [6, 6.07) is 72.4. The van der Waals surface area contributed by atoms with Crippen LogP contribution < -0.4 is 4.90 Å². The summed E-state index contributed by atoms with van der Waals surface area (Å²) < 4.78 is 6.24. The highest BCUT2D eigenvalue weighted by Crippen LogP contribution is 2.43. The van der Waals surface area contributed by atoms with E-state index in [0.717, 1.165) is 39.0 Å². The number of hydrogen-bond donors (Lipinski definition) is 0. The average molecular weight is 688 g/mol. The quantitative estimate of drug-likeness (QED) is 0.168. The number of para-hydroxylation sites is 1. The van der Waals surface area contributed by atoms with Crippen LogP contribution in [0.15, 0.2) is 205 Å². The van der Waals surface area contributed by atoms with Gasteiger partial charge in [0.2, 0.25) is 0 Å². The van der Waals surface area contributed by atoms with Crippen molar-refractivity contribution >= 4 is 82.1 Å². The Morgan fingerprint density at radius 2 is 0.907 bits per heavy atom. The molecule has 0 spiro atoms. The van der Waals surface area contributed by atoms with Crippen LogP contribution in [0, 0.1) is 0 Å². The number of hydrogen-bond acceptors (Lipinski definition) is 2. The van der Waals surface area contributed by atoms with E-state index in [2.05, 4.69) is 193 Å². The lowest BCUT2D eigenvalue weighted by molar-refractivity contribution is 0.669. The van der Waals surface area contributed by atoms with Crippen molar-refractivity contribution in [1.82, 2.24) is 0 Å². The fraction of sp³-hybridized carbons (Fsp3) is 0. The van der Waals surface area contributed by atoms with Crippen molar-refractivity contribution in [2.75, 3.05) is 4.90 Å². The van der Waals surface area contributed by atoms with Crippen molar-refractivity contribution in [1.29, 1.82) is 0 Å². The van der Waals surface area contributed by atoms with Gasteiger partial charge in [-0.2, -0.15) is 0 Å². The average Bonchev–Trinajstić information content (AvgIpc) is 3.63. The second-order valence-electron chi connectivity index (χ2n) is 14.1. The molecule has 1 aromatic heterocycles. The third kappa shape index (κ3) is 4.88. The number of nitrogens with zero attached hydrogens (tertiary/aromatic N) is 1. The van der Waals surface area contributed by atoms with Gasteiger partial charge in [0.25, 0.3) is 0 Å². The second-order valence-corrected chi connectivity index (χ2v) is 14.1. The molecule has 0 saturated heterocycles. The third-order valence-electron chi connectivity index (χ3n) is 11.0. The zero-order valence-electron chi connectivity index (χ0n) is 29.4. The maximum atomic E-state index is 6.24. The Labute approximate surface area is 312 Å². The molecule has 0 amide bonds. The first-order chi connectivity index (χ1) is 26.8. The number of anilines is 3. The molecule has 0 unspecified atom stereocenters. The monoisotopic (exact) mass is 687 g/mol. The van der Waals surface area contributed by atoms with E-state index in [1.54, 1.807) is 0 Å². The molecule has 2 nitrogen and oxygen atoms in total. The fourth-order valence-electron chi connectivity index (χ4n) is 8.48. The SMILES string of the molecule is c1ccc(-c2cccc(N(c3ccc(-c4cc5ccccc5c5c4ccc4ccccc45)cc3)c3ccc4c(ccc5oc6ccccc6c54)c3)c2)cc1. The summed E-state index contributed by atoms with van der Waals surface area (Å²) in [5, 5.41) is 12.3. The molecule has 1 heterocycles. The lowest BCUT2D eigenvalue weighted by atomic mass is 9.90. The summed E-state index contributed by atoms with van der Waals surface area (Å²) in [5.41, 5.74) is 9.90. The molecular formula is C52H33NO. The standard InChI is InChI=1S/C52H33NO/c1-2-11-34(12-3-1)37-15-10-16-41(31-37)53(42-27-29-45-39(32-42)24-30-50-52(45)47-19-8-9-20-49(47)54-50)40-25-21-36(22-26-40)48-33-38-14-5-7-18-44(38)51-43-17-6-4-13-35(43)23-28-46(48)51/h1-33H. The van der Waals surface area contributed by atoms with Crippen LogP contribution in [0.2, 0.25) is 0 Å². The number of furan rings is 1. The second kappa shape index (κ2) is 12.2. The summed E-state index contributed by atoms with van der Waals surface area (Å²) in [6.45, 7) is 0. The topological polar surface area (TPSA) is 16.4 Å². The van der Waals surface area contributed by atoms with Crippen LogP contribution in [0.5, 0.6) is 0 Å². The minimum absolute atomic E-state index is 0.911. The van der Waals surface area contributed by atoms with E-state index in [0.29, 0.717) is 0 Å². The molecule has 2 heteroatoms. The Morgan fingerprint density at radius 1 is 0.296 bits per heavy atom. The van der Waals surface area contributed by atoms with Crippen LogP contribution in [-0.2, 0) is 0 Å². The van der Waals surface area contributed by atoms with Crippen LogP contribution in [0.25, 0.3) is 87.3 Å². The first-order valence-corrected chi connectivity index (χ1v) is 18.5. The minimum atomic E-state index is 0.911. The van der Waals surface area contributed by atoms with E-state index < -0.39 is 0 Å². The number of fused-ring (bicyclic) bond motifs is 10. The molecule has 0 saturated carbocycles.